The average Bonchev–Trinajstić information content (AvgIpc) is 0.440. The van der Waals surface area contributed by atoms with Crippen molar-refractivity contribution in [2.45, 2.75) is 60.3 Å². The first-order chi connectivity index (χ1) is 63.8. The Balaban J connectivity index is 0.000000173. The van der Waals surface area contributed by atoms with Gasteiger partial charge in [-0.25, -0.2) is 0 Å². The number of rotatable bonds is 14. The predicted octanol–water partition coefficient (Wildman–Crippen LogP) is 30.2. The van der Waals surface area contributed by atoms with Crippen LogP contribution in [0.4, 0.5) is 0 Å². The summed E-state index contributed by atoms with van der Waals surface area (Å²) in [5.41, 5.74) is 30.8. The van der Waals surface area contributed by atoms with Crippen molar-refractivity contribution in [2.24, 2.45) is 5.92 Å². The number of aryl methyl sites for hydroxylation is 2. The largest absolute Gasteiger partial charge is 0.305 e. The third kappa shape index (κ3) is 33.6. The van der Waals surface area contributed by atoms with Gasteiger partial charge in [-0.2, -0.15) is 0 Å². The predicted molar refractivity (Wildman–Crippen MR) is 537 cm³/mol. The molecule has 0 unspecified atom stereocenters. The number of aromatic nitrogens is 8. The molecule has 134 heavy (non-hydrogen) atoms. The van der Waals surface area contributed by atoms with Gasteiger partial charge in [-0.05, 0) is 153 Å². The number of benzene rings is 12. The summed E-state index contributed by atoms with van der Waals surface area (Å²) in [4.78, 5) is 34.8. The molecule has 20 aromatic rings. The Morgan fingerprint density at radius 3 is 0.791 bits per heavy atom. The molecule has 0 aliphatic carbocycles. The fourth-order valence-electron chi connectivity index (χ4n) is 13.6. The minimum atomic E-state index is 0. The molecule has 0 atom stereocenters. The monoisotopic (exact) mass is 2450 g/mol. The van der Waals surface area contributed by atoms with Gasteiger partial charge >= 0.3 is 0 Å². The number of hydrogen-bond donors (Lipinski definition) is 0. The van der Waals surface area contributed by atoms with E-state index < -0.39 is 0 Å². The number of hydrogen-bond acceptors (Lipinski definition) is 8. The molecule has 12 heteroatoms. The molecule has 8 nitrogen and oxygen atoms in total. The van der Waals surface area contributed by atoms with Crippen molar-refractivity contribution in [1.29, 1.82) is 0 Å². The van der Waals surface area contributed by atoms with Crippen LogP contribution in [0, 0.1) is 68.3 Å². The molecule has 0 saturated heterocycles. The van der Waals surface area contributed by atoms with Crippen LogP contribution < -0.4 is 0 Å². The quantitative estimate of drug-likeness (QED) is 0.0992. The van der Waals surface area contributed by atoms with Crippen LogP contribution in [0.15, 0.2) is 462 Å². The van der Waals surface area contributed by atoms with Crippen molar-refractivity contribution in [3.8, 4) is 135 Å². The summed E-state index contributed by atoms with van der Waals surface area (Å²) in [5.74, 6) is 0.648. The summed E-state index contributed by atoms with van der Waals surface area (Å²) in [5, 5.41) is 0. The van der Waals surface area contributed by atoms with Crippen LogP contribution in [0.1, 0.15) is 56.9 Å². The Morgan fingerprint density at radius 1 is 0.216 bits per heavy atom. The van der Waals surface area contributed by atoms with Gasteiger partial charge < -0.3 is 39.9 Å². The van der Waals surface area contributed by atoms with Gasteiger partial charge in [0, 0.05) is 130 Å². The third-order valence-corrected chi connectivity index (χ3v) is 20.3. The summed E-state index contributed by atoms with van der Waals surface area (Å²) >= 11 is 0. The van der Waals surface area contributed by atoms with E-state index in [9.17, 15) is 0 Å². The Bertz CT molecular complexity index is 6220. The minimum Gasteiger partial charge on any atom is -0.305 e. The van der Waals surface area contributed by atoms with E-state index in [1.165, 1.54) is 66.8 Å². The van der Waals surface area contributed by atoms with Gasteiger partial charge in [0.2, 0.25) is 0 Å². The maximum Gasteiger partial charge on any atom is 0.0190 e. The van der Waals surface area contributed by atoms with E-state index in [-0.39, 0.29) is 85.8 Å². The topological polar surface area (TPSA) is 103 Å². The Kier molecular flexibility index (Phi) is 43.8. The van der Waals surface area contributed by atoms with Crippen LogP contribution in [0.25, 0.3) is 135 Å². The Hall–Kier alpha value is -13.6. The molecule has 0 amide bonds. The first-order valence-electron chi connectivity index (χ1n) is 43.4. The van der Waals surface area contributed by atoms with Gasteiger partial charge in [0.25, 0.3) is 0 Å². The molecule has 0 aliphatic rings. The summed E-state index contributed by atoms with van der Waals surface area (Å²) in [6.07, 6.45) is 15.7. The van der Waals surface area contributed by atoms with Gasteiger partial charge in [0.1, 0.15) is 0 Å². The molecule has 20 rings (SSSR count). The van der Waals surface area contributed by atoms with Crippen molar-refractivity contribution in [3.05, 3.63) is 533 Å². The second-order valence-electron chi connectivity index (χ2n) is 31.7. The van der Waals surface area contributed by atoms with E-state index >= 15 is 0 Å². The van der Waals surface area contributed by atoms with Crippen molar-refractivity contribution in [3.63, 3.8) is 0 Å². The molecular formula is C122H100Ir4N8-8. The van der Waals surface area contributed by atoms with Crippen LogP contribution in [-0.2, 0) is 92.3 Å². The minimum absolute atomic E-state index is 0. The molecule has 0 spiro atoms. The van der Waals surface area contributed by atoms with Crippen LogP contribution in [0.3, 0.4) is 0 Å². The van der Waals surface area contributed by atoms with E-state index in [0.717, 1.165) is 96.5 Å². The molecule has 0 saturated carbocycles. The first-order valence-corrected chi connectivity index (χ1v) is 43.4. The number of pyridine rings is 8. The van der Waals surface area contributed by atoms with Crippen LogP contribution >= 0.6 is 0 Å². The Morgan fingerprint density at radius 2 is 0.500 bits per heavy atom. The Labute approximate surface area is 846 Å². The number of nitrogens with zero attached hydrogens (tertiary/aromatic N) is 8. The molecule has 672 valence electrons. The van der Waals surface area contributed by atoms with Crippen LogP contribution in [0.5, 0.6) is 0 Å². The van der Waals surface area contributed by atoms with Gasteiger partial charge in [-0.1, -0.05) is 246 Å². The van der Waals surface area contributed by atoms with Crippen LogP contribution in [-0.4, -0.2) is 39.9 Å². The second kappa shape index (κ2) is 56.3. The maximum atomic E-state index is 4.53. The van der Waals surface area contributed by atoms with E-state index in [0.29, 0.717) is 5.92 Å². The molecule has 0 aliphatic heterocycles. The van der Waals surface area contributed by atoms with Crippen LogP contribution in [0.2, 0.25) is 0 Å². The fraction of sp³-hybridized carbons (Fsp3) is 0.0820. The van der Waals surface area contributed by atoms with Crippen molar-refractivity contribution in [1.82, 2.24) is 39.9 Å². The van der Waals surface area contributed by atoms with Crippen molar-refractivity contribution < 1.29 is 80.4 Å². The summed E-state index contributed by atoms with van der Waals surface area (Å²) in [7, 11) is 0. The van der Waals surface area contributed by atoms with Crippen molar-refractivity contribution >= 4 is 0 Å². The summed E-state index contributed by atoms with van der Waals surface area (Å²) in [6.45, 7) is 15.3. The van der Waals surface area contributed by atoms with Gasteiger partial charge in [-0.3, -0.25) is 0 Å². The van der Waals surface area contributed by atoms with Gasteiger partial charge in [-0.15, -0.1) is 285 Å². The van der Waals surface area contributed by atoms with Gasteiger partial charge in [0.15, 0.2) is 0 Å². The zero-order valence-corrected chi connectivity index (χ0v) is 85.2. The standard InChI is InChI=1S/2C21H20N.2C18H14N.4C11H8N.4Ir/c1-21(2,3)19-12-13-22-20(15-19)18-11-7-10-17(14-18)16-8-5-4-6-9-16;1-16(2)13-17-11-12-22-21(14-17)20-10-6-9-19(15-20)18-7-4-3-5-8-18;1-14-10-11-18(19-13-14)17-9-5-8-16(12-17)15-6-3-2-4-7-15;1-14-10-11-19-18(12-14)17-9-5-8-16(13-17)15-6-3-2-4-7-15;4*1-2-6-10(7-3-1)11-8-4-5-9-12-11;;;;/h4-10,12-15H,1-3H3;3-9,11-12,14-16H,13H2,1-2H3;2*2-8,10-13H,1H3;4*1-6,8-9H;;;;/q8*-1;;;;. The second-order valence-corrected chi connectivity index (χ2v) is 31.7. The fourth-order valence-corrected chi connectivity index (χ4v) is 13.6. The van der Waals surface area contributed by atoms with E-state index in [2.05, 4.69) is 312 Å². The molecule has 12 aromatic carbocycles. The molecular weight excluding hydrogens is 2350 g/mol. The molecule has 8 heterocycles. The first kappa shape index (κ1) is 104. The van der Waals surface area contributed by atoms with Gasteiger partial charge in [0.05, 0.1) is 0 Å². The normalized spacial score (nSPS) is 10.1. The average molecular weight is 2450 g/mol. The maximum absolute atomic E-state index is 4.53. The SMILES string of the molecule is CC(C)(C)c1ccnc(-c2[c-]ccc(-c3ccccc3)c2)c1.CC(C)Cc1ccnc(-c2[c-]ccc(-c3ccccc3)c2)c1.Cc1ccc(-c2[c-]ccc(-c3ccccc3)c2)nc1.Cc1ccnc(-c2[c-]ccc(-c3ccccc3)c2)c1.[Ir].[Ir].[Ir].[Ir].[c-]1ccccc1-c1ccccn1.[c-]1ccccc1-c1ccccn1.[c-]1ccccc1-c1ccccn1.[c-]1ccccc1-c1ccccn1. The summed E-state index contributed by atoms with van der Waals surface area (Å²) in [6, 6.07) is 163. The third-order valence-electron chi connectivity index (χ3n) is 20.3. The zero-order chi connectivity index (χ0) is 90.0. The summed E-state index contributed by atoms with van der Waals surface area (Å²) < 4.78 is 0. The molecule has 8 aromatic heterocycles. The van der Waals surface area contributed by atoms with E-state index in [4.69, 9.17) is 0 Å². The zero-order valence-electron chi connectivity index (χ0n) is 75.6. The van der Waals surface area contributed by atoms with E-state index in [1.54, 1.807) is 24.8 Å². The molecule has 4 radical (unpaired) electrons. The molecule has 0 bridgehead atoms. The smallest absolute Gasteiger partial charge is 0.0190 e. The molecule has 0 N–H and O–H groups in total. The molecule has 0 fully saturated rings. The van der Waals surface area contributed by atoms with E-state index in [1.807, 2.05) is 262 Å². The van der Waals surface area contributed by atoms with Crippen molar-refractivity contribution in [2.75, 3.05) is 0 Å².